The minimum atomic E-state index is -0.137. The standard InChI is InChI=1S/C19H25ClN4O2/c1-19(2,3)16-11-17(22-18(25)10-14-12-26-8-7-21-14)24(23-16)15-6-4-5-13(20)9-15/h4-6,9,11,14,21H,7-8,10,12H2,1-3H3,(H,22,25). The zero-order valence-electron chi connectivity index (χ0n) is 15.4. The van der Waals surface area contributed by atoms with Crippen LogP contribution in [0.5, 0.6) is 0 Å². The summed E-state index contributed by atoms with van der Waals surface area (Å²) in [6.07, 6.45) is 0.353. The molecule has 0 spiro atoms. The van der Waals surface area contributed by atoms with Gasteiger partial charge in [-0.05, 0) is 18.2 Å². The van der Waals surface area contributed by atoms with Crippen LogP contribution in [0.25, 0.3) is 5.69 Å². The normalized spacial score (nSPS) is 17.9. The molecule has 1 amide bonds. The second-order valence-electron chi connectivity index (χ2n) is 7.53. The number of carbonyl (C=O) groups excluding carboxylic acids is 1. The fourth-order valence-corrected chi connectivity index (χ4v) is 2.99. The first-order valence-electron chi connectivity index (χ1n) is 8.80. The molecule has 140 valence electrons. The molecule has 1 fully saturated rings. The number of nitrogens with one attached hydrogen (secondary N) is 2. The highest BCUT2D eigenvalue weighted by molar-refractivity contribution is 6.30. The van der Waals surface area contributed by atoms with Gasteiger partial charge in [0.05, 0.1) is 24.6 Å². The molecule has 1 saturated heterocycles. The quantitative estimate of drug-likeness (QED) is 0.860. The average molecular weight is 377 g/mol. The van der Waals surface area contributed by atoms with Crippen molar-refractivity contribution >= 4 is 23.3 Å². The zero-order chi connectivity index (χ0) is 18.7. The minimum absolute atomic E-state index is 0.0355. The summed E-state index contributed by atoms with van der Waals surface area (Å²) in [6.45, 7) is 8.28. The highest BCUT2D eigenvalue weighted by atomic mass is 35.5. The van der Waals surface area contributed by atoms with Gasteiger partial charge in [-0.2, -0.15) is 5.10 Å². The van der Waals surface area contributed by atoms with Crippen molar-refractivity contribution in [3.05, 3.63) is 41.0 Å². The van der Waals surface area contributed by atoms with Crippen LogP contribution in [0.2, 0.25) is 5.02 Å². The second-order valence-corrected chi connectivity index (χ2v) is 7.97. The van der Waals surface area contributed by atoms with E-state index in [4.69, 9.17) is 21.4 Å². The summed E-state index contributed by atoms with van der Waals surface area (Å²) in [5.41, 5.74) is 1.57. The molecule has 0 saturated carbocycles. The Morgan fingerprint density at radius 1 is 1.42 bits per heavy atom. The molecule has 1 aromatic carbocycles. The predicted octanol–water partition coefficient (Wildman–Crippen LogP) is 3.14. The molecule has 1 aromatic heterocycles. The SMILES string of the molecule is CC(C)(C)c1cc(NC(=O)CC2COCCN2)n(-c2cccc(Cl)c2)n1. The van der Waals surface area contributed by atoms with E-state index in [1.807, 2.05) is 30.3 Å². The van der Waals surface area contributed by atoms with Crippen molar-refractivity contribution in [3.8, 4) is 5.69 Å². The Balaban J connectivity index is 1.84. The van der Waals surface area contributed by atoms with Crippen LogP contribution in [0.15, 0.2) is 30.3 Å². The van der Waals surface area contributed by atoms with Gasteiger partial charge in [0.1, 0.15) is 5.82 Å². The second kappa shape index (κ2) is 7.78. The maximum absolute atomic E-state index is 12.5. The molecule has 2 aromatic rings. The van der Waals surface area contributed by atoms with E-state index in [1.54, 1.807) is 4.68 Å². The van der Waals surface area contributed by atoms with Crippen molar-refractivity contribution in [1.82, 2.24) is 15.1 Å². The van der Waals surface area contributed by atoms with Crippen LogP contribution < -0.4 is 10.6 Å². The van der Waals surface area contributed by atoms with Gasteiger partial charge in [0.25, 0.3) is 0 Å². The molecule has 0 aliphatic carbocycles. The first-order valence-corrected chi connectivity index (χ1v) is 9.18. The van der Waals surface area contributed by atoms with E-state index in [0.717, 1.165) is 17.9 Å². The Hall–Kier alpha value is -1.89. The highest BCUT2D eigenvalue weighted by Crippen LogP contribution is 2.27. The summed E-state index contributed by atoms with van der Waals surface area (Å²) in [5.74, 6) is 0.565. The third-order valence-corrected chi connectivity index (χ3v) is 4.46. The van der Waals surface area contributed by atoms with Crippen LogP contribution in [-0.2, 0) is 14.9 Å². The number of amides is 1. The van der Waals surface area contributed by atoms with Crippen LogP contribution >= 0.6 is 11.6 Å². The van der Waals surface area contributed by atoms with E-state index in [9.17, 15) is 4.79 Å². The minimum Gasteiger partial charge on any atom is -0.378 e. The summed E-state index contributed by atoms with van der Waals surface area (Å²) in [6, 6.07) is 9.37. The van der Waals surface area contributed by atoms with Crippen LogP contribution in [0.1, 0.15) is 32.9 Å². The highest BCUT2D eigenvalue weighted by Gasteiger charge is 2.23. The lowest BCUT2D eigenvalue weighted by atomic mass is 9.92. The molecule has 2 N–H and O–H groups in total. The van der Waals surface area contributed by atoms with Gasteiger partial charge in [-0.1, -0.05) is 38.4 Å². The average Bonchev–Trinajstić information content (AvgIpc) is 2.99. The van der Waals surface area contributed by atoms with Crippen LogP contribution in [-0.4, -0.2) is 41.5 Å². The van der Waals surface area contributed by atoms with Crippen molar-refractivity contribution in [2.24, 2.45) is 0 Å². The Morgan fingerprint density at radius 2 is 2.23 bits per heavy atom. The summed E-state index contributed by atoms with van der Waals surface area (Å²) < 4.78 is 7.14. The molecule has 26 heavy (non-hydrogen) atoms. The predicted molar refractivity (Wildman–Crippen MR) is 103 cm³/mol. The van der Waals surface area contributed by atoms with Crippen molar-refractivity contribution < 1.29 is 9.53 Å². The van der Waals surface area contributed by atoms with Crippen molar-refractivity contribution in [3.63, 3.8) is 0 Å². The number of anilines is 1. The summed E-state index contributed by atoms with van der Waals surface area (Å²) >= 11 is 6.13. The summed E-state index contributed by atoms with van der Waals surface area (Å²) in [5, 5.41) is 11.6. The Kier molecular flexibility index (Phi) is 5.65. The number of hydrogen-bond donors (Lipinski definition) is 2. The lowest BCUT2D eigenvalue weighted by Gasteiger charge is -2.23. The van der Waals surface area contributed by atoms with E-state index >= 15 is 0 Å². The molecule has 1 atom stereocenters. The van der Waals surface area contributed by atoms with Gasteiger partial charge in [-0.3, -0.25) is 4.79 Å². The molecule has 1 aliphatic rings. The van der Waals surface area contributed by atoms with Gasteiger partial charge < -0.3 is 15.4 Å². The number of carbonyl (C=O) groups is 1. The van der Waals surface area contributed by atoms with Gasteiger partial charge in [0, 0.05) is 35.5 Å². The third kappa shape index (κ3) is 4.63. The Morgan fingerprint density at radius 3 is 2.88 bits per heavy atom. The van der Waals surface area contributed by atoms with E-state index in [-0.39, 0.29) is 17.4 Å². The van der Waals surface area contributed by atoms with Gasteiger partial charge >= 0.3 is 0 Å². The lowest BCUT2D eigenvalue weighted by Crippen LogP contribution is -2.43. The van der Waals surface area contributed by atoms with Crippen LogP contribution in [0.3, 0.4) is 0 Å². The zero-order valence-corrected chi connectivity index (χ0v) is 16.1. The number of halogens is 1. The molecule has 1 aliphatic heterocycles. The lowest BCUT2D eigenvalue weighted by molar-refractivity contribution is -0.117. The monoisotopic (exact) mass is 376 g/mol. The fourth-order valence-electron chi connectivity index (χ4n) is 2.81. The number of nitrogens with zero attached hydrogens (tertiary/aromatic N) is 2. The molecule has 1 unspecified atom stereocenters. The van der Waals surface area contributed by atoms with E-state index in [1.165, 1.54) is 0 Å². The summed E-state index contributed by atoms with van der Waals surface area (Å²) in [7, 11) is 0. The van der Waals surface area contributed by atoms with Gasteiger partial charge in [0.15, 0.2) is 0 Å². The number of benzene rings is 1. The van der Waals surface area contributed by atoms with Crippen molar-refractivity contribution in [2.45, 2.75) is 38.6 Å². The molecular formula is C19H25ClN4O2. The first kappa shape index (κ1) is 18.9. The van der Waals surface area contributed by atoms with E-state index in [2.05, 4.69) is 31.4 Å². The topological polar surface area (TPSA) is 68.2 Å². The molecule has 0 bridgehead atoms. The molecule has 2 heterocycles. The van der Waals surface area contributed by atoms with Gasteiger partial charge in [0.2, 0.25) is 5.91 Å². The third-order valence-electron chi connectivity index (χ3n) is 4.23. The maximum atomic E-state index is 12.5. The number of ether oxygens (including phenoxy) is 1. The van der Waals surface area contributed by atoms with E-state index < -0.39 is 0 Å². The molecule has 0 radical (unpaired) electrons. The number of hydrogen-bond acceptors (Lipinski definition) is 4. The summed E-state index contributed by atoms with van der Waals surface area (Å²) in [4.78, 5) is 12.5. The Labute approximate surface area is 158 Å². The Bertz CT molecular complexity index is 776. The van der Waals surface area contributed by atoms with Crippen molar-refractivity contribution in [2.75, 3.05) is 25.1 Å². The van der Waals surface area contributed by atoms with Crippen LogP contribution in [0, 0.1) is 0 Å². The molecular weight excluding hydrogens is 352 g/mol. The van der Waals surface area contributed by atoms with Gasteiger partial charge in [-0.25, -0.2) is 4.68 Å². The van der Waals surface area contributed by atoms with Crippen molar-refractivity contribution in [1.29, 1.82) is 0 Å². The van der Waals surface area contributed by atoms with Gasteiger partial charge in [-0.15, -0.1) is 0 Å². The van der Waals surface area contributed by atoms with Crippen LogP contribution in [0.4, 0.5) is 5.82 Å². The molecule has 7 heteroatoms. The fraction of sp³-hybridized carbons (Fsp3) is 0.474. The largest absolute Gasteiger partial charge is 0.378 e. The number of rotatable bonds is 4. The smallest absolute Gasteiger partial charge is 0.227 e. The first-order chi connectivity index (χ1) is 12.3. The number of morpholine rings is 1. The molecule has 3 rings (SSSR count). The molecule has 6 nitrogen and oxygen atoms in total. The number of aromatic nitrogens is 2. The van der Waals surface area contributed by atoms with E-state index in [0.29, 0.717) is 30.5 Å². The maximum Gasteiger partial charge on any atom is 0.227 e.